The number of carbonyl (C=O) groups is 1. The van der Waals surface area contributed by atoms with Gasteiger partial charge in [-0.15, -0.1) is 0 Å². The number of hydrogen-bond acceptors (Lipinski definition) is 4. The van der Waals surface area contributed by atoms with Crippen LogP contribution >= 0.6 is 0 Å². The van der Waals surface area contributed by atoms with E-state index < -0.39 is 0 Å². The van der Waals surface area contributed by atoms with Crippen LogP contribution < -0.4 is 10.1 Å². The molecule has 1 saturated carbocycles. The van der Waals surface area contributed by atoms with Gasteiger partial charge in [0, 0.05) is 19.2 Å². The summed E-state index contributed by atoms with van der Waals surface area (Å²) in [6, 6.07) is 3.63. The molecule has 3 rings (SSSR count). The molecule has 26 heavy (non-hydrogen) atoms. The lowest BCUT2D eigenvalue weighted by atomic mass is 9.68. The first-order valence-corrected chi connectivity index (χ1v) is 9.17. The monoisotopic (exact) mass is 356 g/mol. The quantitative estimate of drug-likeness (QED) is 0.886. The van der Waals surface area contributed by atoms with Gasteiger partial charge in [0.05, 0.1) is 11.9 Å². The van der Waals surface area contributed by atoms with E-state index in [1.807, 2.05) is 19.1 Å². The van der Waals surface area contributed by atoms with Gasteiger partial charge in [-0.3, -0.25) is 9.78 Å². The second kappa shape index (κ2) is 7.09. The summed E-state index contributed by atoms with van der Waals surface area (Å²) in [7, 11) is 1.81. The zero-order valence-electron chi connectivity index (χ0n) is 16.2. The van der Waals surface area contributed by atoms with E-state index in [2.05, 4.69) is 36.2 Å². The minimum Gasteiger partial charge on any atom is -0.436 e. The van der Waals surface area contributed by atoms with Crippen LogP contribution in [0.15, 0.2) is 24.5 Å². The molecule has 0 aliphatic heterocycles. The summed E-state index contributed by atoms with van der Waals surface area (Å²) < 4.78 is 7.58. The molecule has 1 fully saturated rings. The van der Waals surface area contributed by atoms with Gasteiger partial charge in [-0.25, -0.2) is 4.68 Å². The van der Waals surface area contributed by atoms with Crippen molar-refractivity contribution in [1.29, 1.82) is 0 Å². The molecule has 0 bridgehead atoms. The highest BCUT2D eigenvalue weighted by Gasteiger charge is 2.36. The Morgan fingerprint density at radius 1 is 1.38 bits per heavy atom. The molecule has 2 atom stereocenters. The molecule has 6 heteroatoms. The molecule has 0 saturated heterocycles. The predicted molar refractivity (Wildman–Crippen MR) is 101 cm³/mol. The van der Waals surface area contributed by atoms with Crippen LogP contribution in [0.25, 0.3) is 0 Å². The van der Waals surface area contributed by atoms with Gasteiger partial charge >= 0.3 is 0 Å². The van der Waals surface area contributed by atoms with Crippen molar-refractivity contribution in [2.24, 2.45) is 24.3 Å². The predicted octanol–water partition coefficient (Wildman–Crippen LogP) is 4.32. The van der Waals surface area contributed by atoms with Crippen LogP contribution in [0.5, 0.6) is 11.6 Å². The first-order valence-electron chi connectivity index (χ1n) is 9.17. The van der Waals surface area contributed by atoms with Gasteiger partial charge in [-0.05, 0) is 49.7 Å². The molecule has 0 aromatic carbocycles. The number of ether oxygens (including phenoxy) is 1. The molecule has 1 aliphatic rings. The highest BCUT2D eigenvalue weighted by atomic mass is 16.5. The Balaban J connectivity index is 1.80. The molecule has 2 heterocycles. The Morgan fingerprint density at radius 2 is 2.15 bits per heavy atom. The van der Waals surface area contributed by atoms with Crippen molar-refractivity contribution in [1.82, 2.24) is 14.8 Å². The fraction of sp³-hybridized carbons (Fsp3) is 0.550. The molecule has 1 N–H and O–H groups in total. The van der Waals surface area contributed by atoms with Crippen molar-refractivity contribution in [2.45, 2.75) is 47.0 Å². The summed E-state index contributed by atoms with van der Waals surface area (Å²) in [6.45, 7) is 8.59. The van der Waals surface area contributed by atoms with Gasteiger partial charge in [0.15, 0.2) is 0 Å². The molecule has 1 aliphatic carbocycles. The molecule has 0 unspecified atom stereocenters. The minimum absolute atomic E-state index is 0.0135. The topological polar surface area (TPSA) is 69.0 Å². The first kappa shape index (κ1) is 18.4. The normalized spacial score (nSPS) is 22.0. The van der Waals surface area contributed by atoms with Gasteiger partial charge < -0.3 is 10.1 Å². The number of hydrogen-bond donors (Lipinski definition) is 1. The Labute approximate surface area is 155 Å². The summed E-state index contributed by atoms with van der Waals surface area (Å²) in [5.41, 5.74) is 1.57. The van der Waals surface area contributed by atoms with Crippen LogP contribution in [0.1, 0.15) is 45.7 Å². The number of anilines is 1. The van der Waals surface area contributed by atoms with E-state index in [0.29, 0.717) is 23.2 Å². The second-order valence-electron chi connectivity index (χ2n) is 8.28. The average Bonchev–Trinajstić information content (AvgIpc) is 2.81. The number of aromatic nitrogens is 3. The molecule has 0 spiro atoms. The summed E-state index contributed by atoms with van der Waals surface area (Å²) in [5, 5.41) is 7.49. The average molecular weight is 356 g/mol. The lowest BCUT2D eigenvalue weighted by Gasteiger charge is -2.38. The maximum absolute atomic E-state index is 13.0. The summed E-state index contributed by atoms with van der Waals surface area (Å²) in [4.78, 5) is 17.0. The molecule has 2 aromatic heterocycles. The highest BCUT2D eigenvalue weighted by Crippen LogP contribution is 2.42. The Bertz CT molecular complexity index is 783. The fourth-order valence-electron chi connectivity index (χ4n) is 4.19. The van der Waals surface area contributed by atoms with Gasteiger partial charge in [0.1, 0.15) is 11.4 Å². The zero-order valence-corrected chi connectivity index (χ0v) is 16.2. The Kier molecular flexibility index (Phi) is 5.03. The van der Waals surface area contributed by atoms with E-state index in [1.54, 1.807) is 24.1 Å². The van der Waals surface area contributed by atoms with E-state index in [1.165, 1.54) is 0 Å². The van der Waals surface area contributed by atoms with Crippen molar-refractivity contribution >= 4 is 11.6 Å². The third kappa shape index (κ3) is 4.06. The standard InChI is InChI=1S/C20H28N4O2/c1-13-9-15(11-20(3,4)10-13)18(25)22-17-14(2)23-24(5)19(17)26-16-7-6-8-21-12-16/h6-8,12-13,15H,9-11H2,1-5H3,(H,22,25)/t13-,15+/m1/s1. The summed E-state index contributed by atoms with van der Waals surface area (Å²) >= 11 is 0. The molecule has 1 amide bonds. The van der Waals surface area contributed by atoms with Crippen LogP contribution in [0.4, 0.5) is 5.69 Å². The van der Waals surface area contributed by atoms with E-state index in [4.69, 9.17) is 4.74 Å². The van der Waals surface area contributed by atoms with Gasteiger partial charge in [-0.1, -0.05) is 20.8 Å². The smallest absolute Gasteiger partial charge is 0.241 e. The summed E-state index contributed by atoms with van der Waals surface area (Å²) in [5.74, 6) is 1.75. The minimum atomic E-state index is 0.0135. The number of carbonyl (C=O) groups excluding carboxylic acids is 1. The number of pyridine rings is 1. The van der Waals surface area contributed by atoms with Crippen molar-refractivity contribution in [3.63, 3.8) is 0 Å². The number of nitrogens with one attached hydrogen (secondary N) is 1. The van der Waals surface area contributed by atoms with Gasteiger partial charge in [0.25, 0.3) is 0 Å². The highest BCUT2D eigenvalue weighted by molar-refractivity contribution is 5.94. The van der Waals surface area contributed by atoms with E-state index in [9.17, 15) is 4.79 Å². The van der Waals surface area contributed by atoms with Crippen molar-refractivity contribution < 1.29 is 9.53 Å². The molecule has 2 aromatic rings. The van der Waals surface area contributed by atoms with Crippen molar-refractivity contribution in [3.05, 3.63) is 30.2 Å². The zero-order chi connectivity index (χ0) is 18.9. The third-order valence-electron chi connectivity index (χ3n) is 5.02. The number of aryl methyl sites for hydroxylation is 2. The lowest BCUT2D eigenvalue weighted by molar-refractivity contribution is -0.122. The Morgan fingerprint density at radius 3 is 2.81 bits per heavy atom. The van der Waals surface area contributed by atoms with Crippen LogP contribution in [-0.2, 0) is 11.8 Å². The van der Waals surface area contributed by atoms with Crippen LogP contribution in [0.3, 0.4) is 0 Å². The third-order valence-corrected chi connectivity index (χ3v) is 5.02. The molecular formula is C20H28N4O2. The maximum Gasteiger partial charge on any atom is 0.241 e. The molecule has 6 nitrogen and oxygen atoms in total. The van der Waals surface area contributed by atoms with Gasteiger partial charge in [-0.2, -0.15) is 5.10 Å². The van der Waals surface area contributed by atoms with Crippen LogP contribution in [-0.4, -0.2) is 20.7 Å². The largest absolute Gasteiger partial charge is 0.436 e. The van der Waals surface area contributed by atoms with Gasteiger partial charge in [0.2, 0.25) is 11.8 Å². The van der Waals surface area contributed by atoms with Crippen molar-refractivity contribution in [3.8, 4) is 11.6 Å². The van der Waals surface area contributed by atoms with Crippen LogP contribution in [0.2, 0.25) is 0 Å². The lowest BCUT2D eigenvalue weighted by Crippen LogP contribution is -2.34. The number of amides is 1. The number of nitrogens with zero attached hydrogens (tertiary/aromatic N) is 3. The molecular weight excluding hydrogens is 328 g/mol. The first-order chi connectivity index (χ1) is 12.2. The molecule has 140 valence electrons. The SMILES string of the molecule is Cc1nn(C)c(Oc2cccnc2)c1NC(=O)[C@H]1C[C@@H](C)CC(C)(C)C1. The maximum atomic E-state index is 13.0. The Hall–Kier alpha value is -2.37. The fourth-order valence-corrected chi connectivity index (χ4v) is 4.19. The summed E-state index contributed by atoms with van der Waals surface area (Å²) in [6.07, 6.45) is 6.32. The van der Waals surface area contributed by atoms with E-state index >= 15 is 0 Å². The van der Waals surface area contributed by atoms with E-state index in [0.717, 1.165) is 25.0 Å². The molecule has 0 radical (unpaired) electrons. The van der Waals surface area contributed by atoms with Crippen molar-refractivity contribution in [2.75, 3.05) is 5.32 Å². The van der Waals surface area contributed by atoms with Crippen LogP contribution in [0, 0.1) is 24.2 Å². The van der Waals surface area contributed by atoms with E-state index in [-0.39, 0.29) is 17.2 Å². The number of rotatable bonds is 4. The second-order valence-corrected chi connectivity index (χ2v) is 8.28.